The molecule has 3 amide bonds. The van der Waals surface area contributed by atoms with Gasteiger partial charge < -0.3 is 9.64 Å². The Bertz CT molecular complexity index is 894. The first-order chi connectivity index (χ1) is 14.0. The quantitative estimate of drug-likeness (QED) is 0.580. The highest BCUT2D eigenvalue weighted by Crippen LogP contribution is 2.20. The van der Waals surface area contributed by atoms with Crippen LogP contribution in [0.1, 0.15) is 17.5 Å². The van der Waals surface area contributed by atoms with E-state index in [1.165, 1.54) is 6.08 Å². The predicted molar refractivity (Wildman–Crippen MR) is 108 cm³/mol. The maximum absolute atomic E-state index is 12.3. The van der Waals surface area contributed by atoms with E-state index in [2.05, 4.69) is 10.9 Å². The van der Waals surface area contributed by atoms with Gasteiger partial charge in [-0.25, -0.2) is 0 Å². The second kappa shape index (κ2) is 9.54. The Balaban J connectivity index is 1.45. The predicted octanol–water partition coefficient (Wildman–Crippen LogP) is 1.90. The summed E-state index contributed by atoms with van der Waals surface area (Å²) in [4.78, 5) is 38.0. The van der Waals surface area contributed by atoms with Gasteiger partial charge in [-0.2, -0.15) is 0 Å². The maximum Gasteiger partial charge on any atom is 0.262 e. The van der Waals surface area contributed by atoms with Crippen LogP contribution in [0.5, 0.6) is 5.75 Å². The third-order valence-electron chi connectivity index (χ3n) is 4.65. The van der Waals surface area contributed by atoms with Crippen molar-refractivity contribution in [2.45, 2.75) is 13.0 Å². The van der Waals surface area contributed by atoms with Gasteiger partial charge in [-0.05, 0) is 29.3 Å². The van der Waals surface area contributed by atoms with Gasteiger partial charge in [-0.1, -0.05) is 42.5 Å². The number of ether oxygens (including phenoxy) is 1. The van der Waals surface area contributed by atoms with Gasteiger partial charge in [0.2, 0.25) is 11.8 Å². The summed E-state index contributed by atoms with van der Waals surface area (Å²) in [5, 5.41) is 0. The van der Waals surface area contributed by atoms with E-state index in [1.54, 1.807) is 30.2 Å². The Labute approximate surface area is 169 Å². The molecule has 2 aromatic carbocycles. The fourth-order valence-electron chi connectivity index (χ4n) is 3.06. The zero-order valence-corrected chi connectivity index (χ0v) is 16.1. The van der Waals surface area contributed by atoms with Crippen LogP contribution in [0.15, 0.2) is 60.7 Å². The molecule has 0 spiro atoms. The molecule has 0 aromatic heterocycles. The van der Waals surface area contributed by atoms with Gasteiger partial charge in [-0.3, -0.25) is 25.2 Å². The number of carbonyl (C=O) groups is 3. The summed E-state index contributed by atoms with van der Waals surface area (Å²) < 4.78 is 5.08. The first-order valence-corrected chi connectivity index (χ1v) is 9.29. The van der Waals surface area contributed by atoms with E-state index in [9.17, 15) is 14.4 Å². The van der Waals surface area contributed by atoms with Crippen molar-refractivity contribution in [1.29, 1.82) is 0 Å². The van der Waals surface area contributed by atoms with Crippen LogP contribution in [0.2, 0.25) is 0 Å². The summed E-state index contributed by atoms with van der Waals surface area (Å²) in [6.45, 7) is 0.803. The van der Waals surface area contributed by atoms with Crippen molar-refractivity contribution in [1.82, 2.24) is 15.8 Å². The third-order valence-corrected chi connectivity index (χ3v) is 4.65. The van der Waals surface area contributed by atoms with E-state index in [0.29, 0.717) is 13.1 Å². The molecule has 7 heteroatoms. The summed E-state index contributed by atoms with van der Waals surface area (Å²) in [5.41, 5.74) is 6.58. The lowest BCUT2D eigenvalue weighted by Crippen LogP contribution is -2.44. The molecule has 0 radical (unpaired) electrons. The van der Waals surface area contributed by atoms with E-state index >= 15 is 0 Å². The molecule has 1 heterocycles. The molecule has 1 aliphatic rings. The minimum Gasteiger partial charge on any atom is -0.497 e. The van der Waals surface area contributed by atoms with E-state index in [1.807, 2.05) is 42.5 Å². The average molecular weight is 393 g/mol. The van der Waals surface area contributed by atoms with Crippen molar-refractivity contribution in [2.24, 2.45) is 5.92 Å². The highest BCUT2D eigenvalue weighted by molar-refractivity contribution is 5.94. The van der Waals surface area contributed by atoms with Crippen molar-refractivity contribution in [2.75, 3.05) is 13.7 Å². The zero-order chi connectivity index (χ0) is 20.6. The van der Waals surface area contributed by atoms with Crippen molar-refractivity contribution < 1.29 is 19.1 Å². The summed E-state index contributed by atoms with van der Waals surface area (Å²) >= 11 is 0. The maximum atomic E-state index is 12.3. The standard InChI is InChI=1S/C22H23N3O4/c1-29-19-10-7-16(8-11-19)9-12-20(26)23-24-22(28)18-13-21(27)25(15-18)14-17-5-3-2-4-6-17/h2-12,18H,13-15H2,1H3,(H,23,26)(H,24,28)/b12-9+. The lowest BCUT2D eigenvalue weighted by Gasteiger charge is -2.16. The van der Waals surface area contributed by atoms with E-state index < -0.39 is 11.8 Å². The van der Waals surface area contributed by atoms with E-state index in [4.69, 9.17) is 4.74 Å². The number of hydrazine groups is 1. The van der Waals surface area contributed by atoms with Crippen LogP contribution in [0.3, 0.4) is 0 Å². The molecule has 29 heavy (non-hydrogen) atoms. The number of methoxy groups -OCH3 is 1. The van der Waals surface area contributed by atoms with Crippen molar-refractivity contribution in [3.63, 3.8) is 0 Å². The number of carbonyl (C=O) groups excluding carboxylic acids is 3. The molecular formula is C22H23N3O4. The van der Waals surface area contributed by atoms with Crippen LogP contribution in [-0.4, -0.2) is 36.3 Å². The molecule has 2 aromatic rings. The second-order valence-corrected chi connectivity index (χ2v) is 6.75. The molecule has 1 atom stereocenters. The first-order valence-electron chi connectivity index (χ1n) is 9.29. The third kappa shape index (κ3) is 5.68. The van der Waals surface area contributed by atoms with Crippen LogP contribution in [0.25, 0.3) is 6.08 Å². The molecule has 1 fully saturated rings. The molecule has 0 bridgehead atoms. The van der Waals surface area contributed by atoms with Crippen LogP contribution >= 0.6 is 0 Å². The Morgan fingerprint density at radius 1 is 1.10 bits per heavy atom. The van der Waals surface area contributed by atoms with Gasteiger partial charge in [0, 0.05) is 25.6 Å². The Kier molecular flexibility index (Phi) is 6.63. The summed E-state index contributed by atoms with van der Waals surface area (Å²) in [6.07, 6.45) is 3.08. The fraction of sp³-hybridized carbons (Fsp3) is 0.227. The highest BCUT2D eigenvalue weighted by Gasteiger charge is 2.34. The van der Waals surface area contributed by atoms with Gasteiger partial charge >= 0.3 is 0 Å². The number of amides is 3. The van der Waals surface area contributed by atoms with Gasteiger partial charge in [0.1, 0.15) is 5.75 Å². The van der Waals surface area contributed by atoms with Crippen molar-refractivity contribution >= 4 is 23.8 Å². The Hall–Kier alpha value is -3.61. The molecule has 150 valence electrons. The van der Waals surface area contributed by atoms with Crippen molar-refractivity contribution in [3.05, 3.63) is 71.8 Å². The molecule has 0 saturated carbocycles. The minimum atomic E-state index is -0.489. The number of rotatable bonds is 6. The molecule has 1 unspecified atom stereocenters. The lowest BCUT2D eigenvalue weighted by atomic mass is 10.1. The summed E-state index contributed by atoms with van der Waals surface area (Å²) in [6, 6.07) is 16.8. The van der Waals surface area contributed by atoms with Crippen LogP contribution in [0, 0.1) is 5.92 Å². The van der Waals surface area contributed by atoms with Gasteiger partial charge in [0.15, 0.2) is 0 Å². The number of likely N-dealkylation sites (tertiary alicyclic amines) is 1. The average Bonchev–Trinajstić information content (AvgIpc) is 3.12. The van der Waals surface area contributed by atoms with Gasteiger partial charge in [0.25, 0.3) is 5.91 Å². The number of hydrogen-bond donors (Lipinski definition) is 2. The molecule has 7 nitrogen and oxygen atoms in total. The highest BCUT2D eigenvalue weighted by atomic mass is 16.5. The summed E-state index contributed by atoms with van der Waals surface area (Å²) in [7, 11) is 1.58. The molecule has 1 aliphatic heterocycles. The van der Waals surface area contributed by atoms with Crippen molar-refractivity contribution in [3.8, 4) is 5.75 Å². The normalized spacial score (nSPS) is 16.1. The number of nitrogens with zero attached hydrogens (tertiary/aromatic N) is 1. The monoisotopic (exact) mass is 393 g/mol. The molecule has 3 rings (SSSR count). The molecule has 2 N–H and O–H groups in total. The molecule has 1 saturated heterocycles. The van der Waals surface area contributed by atoms with E-state index in [0.717, 1.165) is 16.9 Å². The Morgan fingerprint density at radius 2 is 1.83 bits per heavy atom. The topological polar surface area (TPSA) is 87.7 Å². The molecular weight excluding hydrogens is 370 g/mol. The zero-order valence-electron chi connectivity index (χ0n) is 16.1. The fourth-order valence-corrected chi connectivity index (χ4v) is 3.06. The SMILES string of the molecule is COc1ccc(/C=C/C(=O)NNC(=O)C2CC(=O)N(Cc3ccccc3)C2)cc1. The number of hydrogen-bond acceptors (Lipinski definition) is 4. The number of benzene rings is 2. The smallest absolute Gasteiger partial charge is 0.262 e. The first kappa shape index (κ1) is 20.1. The Morgan fingerprint density at radius 3 is 2.52 bits per heavy atom. The largest absolute Gasteiger partial charge is 0.497 e. The van der Waals surface area contributed by atoms with Gasteiger partial charge in [-0.15, -0.1) is 0 Å². The second-order valence-electron chi connectivity index (χ2n) is 6.75. The minimum absolute atomic E-state index is 0.0697. The van der Waals surface area contributed by atoms with E-state index in [-0.39, 0.29) is 18.2 Å². The molecule has 0 aliphatic carbocycles. The van der Waals surface area contributed by atoms with Crippen LogP contribution in [-0.2, 0) is 20.9 Å². The summed E-state index contributed by atoms with van der Waals surface area (Å²) in [5.74, 6) is -0.664. The van der Waals surface area contributed by atoms with Gasteiger partial charge in [0.05, 0.1) is 13.0 Å². The number of nitrogens with one attached hydrogen (secondary N) is 2. The van der Waals surface area contributed by atoms with Crippen LogP contribution in [0.4, 0.5) is 0 Å². The van der Waals surface area contributed by atoms with Crippen LogP contribution < -0.4 is 15.6 Å². The lowest BCUT2D eigenvalue weighted by molar-refractivity contribution is -0.130.